The molecule has 1 fully saturated rings. The number of anilines is 1. The van der Waals surface area contributed by atoms with Crippen LogP contribution in [0.5, 0.6) is 5.75 Å². The Hall–Kier alpha value is -4.63. The number of aromatic nitrogens is 3. The van der Waals surface area contributed by atoms with Gasteiger partial charge in [-0.1, -0.05) is 11.2 Å². The highest BCUT2D eigenvalue weighted by Crippen LogP contribution is 2.34. The molecule has 258 valence electrons. The van der Waals surface area contributed by atoms with Gasteiger partial charge in [0.25, 0.3) is 17.9 Å². The van der Waals surface area contributed by atoms with Crippen molar-refractivity contribution in [2.75, 3.05) is 12.3 Å². The number of hydrogen-bond donors (Lipinski definition) is 5. The van der Waals surface area contributed by atoms with Crippen LogP contribution in [0.3, 0.4) is 0 Å². The summed E-state index contributed by atoms with van der Waals surface area (Å²) in [5, 5.41) is 18.1. The predicted octanol–water partition coefficient (Wildman–Crippen LogP) is -0.225. The molecule has 1 aromatic carbocycles. The smallest absolute Gasteiger partial charge is 0.418 e. The lowest BCUT2D eigenvalue weighted by Gasteiger charge is -2.50. The molecule has 2 aliphatic heterocycles. The fraction of sp³-hybridized carbons (Fsp3) is 0.429. The van der Waals surface area contributed by atoms with Gasteiger partial charge in [-0.25, -0.2) is 9.78 Å². The summed E-state index contributed by atoms with van der Waals surface area (Å²) in [5.74, 6) is -2.91. The van der Waals surface area contributed by atoms with E-state index < -0.39 is 57.7 Å². The lowest BCUT2D eigenvalue weighted by Crippen LogP contribution is -2.76. The van der Waals surface area contributed by atoms with Crippen LogP contribution in [0.1, 0.15) is 37.9 Å². The quantitative estimate of drug-likeness (QED) is 0.0507. The number of nitrogens with zero attached hydrogens (tertiary/aromatic N) is 5. The minimum absolute atomic E-state index is 0.0672. The van der Waals surface area contributed by atoms with Crippen LogP contribution in [0, 0.1) is 0 Å². The van der Waals surface area contributed by atoms with Crippen molar-refractivity contribution in [3.8, 4) is 16.9 Å². The van der Waals surface area contributed by atoms with Gasteiger partial charge in [-0.3, -0.25) is 14.1 Å². The Balaban J connectivity index is 1.32. The topological polar surface area (TPSA) is 255 Å². The second-order valence-electron chi connectivity index (χ2n) is 11.7. The number of nitrogens with one attached hydrogen (secondary N) is 1. The zero-order chi connectivity index (χ0) is 35.0. The summed E-state index contributed by atoms with van der Waals surface area (Å²) in [4.78, 5) is 47.7. The molecule has 2 amide bonds. The van der Waals surface area contributed by atoms with E-state index in [1.54, 1.807) is 6.07 Å². The lowest BCUT2D eigenvalue weighted by molar-refractivity contribution is -0.753. The molecule has 1 saturated heterocycles. The van der Waals surface area contributed by atoms with E-state index in [1.165, 1.54) is 19.2 Å². The van der Waals surface area contributed by atoms with Gasteiger partial charge in [-0.05, 0) is 62.9 Å². The lowest BCUT2D eigenvalue weighted by atomic mass is 9.84. The number of oxime groups is 1. The highest BCUT2D eigenvalue weighted by atomic mass is 32.3. The van der Waals surface area contributed by atoms with Crippen molar-refractivity contribution in [1.29, 1.82) is 0 Å². The zero-order valence-electron chi connectivity index (χ0n) is 26.1. The Labute approximate surface area is 278 Å². The van der Waals surface area contributed by atoms with E-state index in [2.05, 4.69) is 24.4 Å². The molecule has 2 aromatic heterocycles. The Morgan fingerprint density at radius 3 is 2.71 bits per heavy atom. The first kappa shape index (κ1) is 34.7. The number of carbonyl (C=O) groups is 3. The number of carboxylic acids is 1. The molecule has 0 saturated carbocycles. The van der Waals surface area contributed by atoms with Crippen molar-refractivity contribution in [2.45, 2.75) is 63.4 Å². The number of benzene rings is 1. The van der Waals surface area contributed by atoms with Gasteiger partial charge < -0.3 is 31.5 Å². The third-order valence-corrected chi connectivity index (χ3v) is 8.93. The number of carbonyl (C=O) groups excluding carboxylic acids is 2. The van der Waals surface area contributed by atoms with Gasteiger partial charge in [0.2, 0.25) is 6.20 Å². The molecule has 0 spiro atoms. The molecule has 48 heavy (non-hydrogen) atoms. The maximum Gasteiger partial charge on any atom is 0.418 e. The number of aliphatic carboxylic acids is 1. The molecule has 0 aliphatic carbocycles. The highest BCUT2D eigenvalue weighted by molar-refractivity contribution is 7.80. The van der Waals surface area contributed by atoms with Crippen molar-refractivity contribution in [1.82, 2.24) is 20.0 Å². The Bertz CT molecular complexity index is 1870. The number of ether oxygens (including phenoxy) is 1. The van der Waals surface area contributed by atoms with Gasteiger partial charge >= 0.3 is 16.4 Å². The van der Waals surface area contributed by atoms with Crippen LogP contribution < -0.4 is 26.2 Å². The van der Waals surface area contributed by atoms with Crippen molar-refractivity contribution >= 4 is 50.4 Å². The third-order valence-electron chi connectivity index (χ3n) is 7.92. The van der Waals surface area contributed by atoms with Crippen molar-refractivity contribution in [3.05, 3.63) is 47.2 Å². The number of amides is 2. The van der Waals surface area contributed by atoms with Gasteiger partial charge in [-0.15, -0.1) is 20.3 Å². The van der Waals surface area contributed by atoms with Crippen LogP contribution in [0.2, 0.25) is 0 Å². The number of thiazole rings is 1. The molecular weight excluding hydrogens is 672 g/mol. The Morgan fingerprint density at radius 2 is 2.08 bits per heavy atom. The fourth-order valence-electron chi connectivity index (χ4n) is 5.39. The Morgan fingerprint density at radius 1 is 1.33 bits per heavy atom. The average molecular weight is 708 g/mol. The first-order valence-corrected chi connectivity index (χ1v) is 16.9. The van der Waals surface area contributed by atoms with Crippen LogP contribution in [0.4, 0.5) is 5.13 Å². The van der Waals surface area contributed by atoms with E-state index in [9.17, 15) is 27.9 Å². The number of rotatable bonds is 13. The first-order chi connectivity index (χ1) is 22.6. The molecule has 3 aromatic rings. The van der Waals surface area contributed by atoms with E-state index in [-0.39, 0.29) is 17.2 Å². The molecule has 2 aliphatic rings. The number of carboxylic acid groups (broad SMARTS) is 1. The molecule has 4 heterocycles. The monoisotopic (exact) mass is 707 g/mol. The minimum atomic E-state index is -5.02. The molecule has 18 nitrogen and oxygen atoms in total. The van der Waals surface area contributed by atoms with E-state index in [4.69, 9.17) is 25.6 Å². The van der Waals surface area contributed by atoms with Gasteiger partial charge in [0.15, 0.2) is 17.9 Å². The predicted molar refractivity (Wildman–Crippen MR) is 169 cm³/mol. The third kappa shape index (κ3) is 7.26. The van der Waals surface area contributed by atoms with Crippen LogP contribution in [0.15, 0.2) is 41.1 Å². The normalized spacial score (nSPS) is 19.6. The van der Waals surface area contributed by atoms with Crippen LogP contribution >= 0.6 is 11.3 Å². The Kier molecular flexibility index (Phi) is 9.74. The van der Waals surface area contributed by atoms with Gasteiger partial charge in [-0.2, -0.15) is 18.2 Å². The van der Waals surface area contributed by atoms with E-state index in [0.29, 0.717) is 23.8 Å². The molecule has 0 bridgehead atoms. The molecule has 20 heteroatoms. The molecular formula is C28H35N8O10S2+. The van der Waals surface area contributed by atoms with Crippen molar-refractivity contribution < 1.29 is 51.0 Å². The van der Waals surface area contributed by atoms with Gasteiger partial charge in [0, 0.05) is 5.38 Å². The number of hydroxylamine groups is 2. The second-order valence-corrected chi connectivity index (χ2v) is 13.6. The van der Waals surface area contributed by atoms with E-state index in [1.807, 2.05) is 36.3 Å². The molecule has 0 radical (unpaired) electrons. The number of nitrogens with two attached hydrogens (primary N) is 2. The second kappa shape index (κ2) is 13.5. The fourth-order valence-corrected chi connectivity index (χ4v) is 6.39. The molecule has 2 unspecified atom stereocenters. The highest BCUT2D eigenvalue weighted by Gasteiger charge is 2.58. The summed E-state index contributed by atoms with van der Waals surface area (Å²) in [7, 11) is -3.07. The number of nitrogen functional groups attached to an aromatic ring is 1. The summed E-state index contributed by atoms with van der Waals surface area (Å²) in [6.45, 7) is 4.11. The van der Waals surface area contributed by atoms with Crippen molar-refractivity contribution in [2.24, 2.45) is 17.9 Å². The van der Waals surface area contributed by atoms with E-state index >= 15 is 0 Å². The van der Waals surface area contributed by atoms with Crippen LogP contribution in [0.25, 0.3) is 11.1 Å². The SMILES string of the molecule is C[n+]1cc(-c2ccc3c(c2)CCC([C@@H](O/N=C(\C(=O)NC2C(=O)N(OS(=O)(=O)O)C2(C)C)c2csc(N)n2)C(=O)O)O3)cn1CCCN. The van der Waals surface area contributed by atoms with Crippen LogP contribution in [-0.2, 0) is 53.9 Å². The first-order valence-electron chi connectivity index (χ1n) is 14.6. The van der Waals surface area contributed by atoms with E-state index in [0.717, 1.165) is 41.0 Å². The number of β-lactam (4-membered cyclic amide) rings is 1. The number of fused-ring (bicyclic) bond motifs is 1. The van der Waals surface area contributed by atoms with Gasteiger partial charge in [0.1, 0.15) is 23.6 Å². The largest absolute Gasteiger partial charge is 0.485 e. The number of hydrogen-bond acceptors (Lipinski definition) is 13. The maximum atomic E-state index is 13.4. The number of aryl methyl sites for hydroxylation is 3. The standard InChI is InChI=1S/C28H34N8O10S2/c1-28(2)23(25(38)36(28)46-48(41,42)43)32-24(37)21(18-14-47-27(30)31-18)33-45-22(26(39)40)20-8-6-16-11-15(5-7-19(16)44-20)17-12-34(3)35(13-17)10-4-9-29/h5,7,11-14,20,22-23H,4,6,8-10,29H2,1-3H3,(H4-,30,31,32,37,39,40,41,42,43)/p+1/b33-21-/t20?,22-,23?/m1/s1. The van der Waals surface area contributed by atoms with Crippen LogP contribution in [-0.4, -0.2) is 86.6 Å². The minimum Gasteiger partial charge on any atom is -0.485 e. The van der Waals surface area contributed by atoms with Crippen molar-refractivity contribution in [3.63, 3.8) is 0 Å². The summed E-state index contributed by atoms with van der Waals surface area (Å²) in [6, 6.07) is 4.31. The molecule has 7 N–H and O–H groups in total. The average Bonchev–Trinajstić information content (AvgIpc) is 3.63. The summed E-state index contributed by atoms with van der Waals surface area (Å²) < 4.78 is 45.7. The molecule has 5 rings (SSSR count). The summed E-state index contributed by atoms with van der Waals surface area (Å²) in [6.07, 6.45) is 2.98. The zero-order valence-corrected chi connectivity index (χ0v) is 27.7. The summed E-state index contributed by atoms with van der Waals surface area (Å²) >= 11 is 0.974. The molecule has 3 atom stereocenters. The van der Waals surface area contributed by atoms with Gasteiger partial charge in [0.05, 0.1) is 23.8 Å². The maximum absolute atomic E-state index is 13.4. The summed E-state index contributed by atoms with van der Waals surface area (Å²) in [5.41, 5.74) is 12.2.